The van der Waals surface area contributed by atoms with Crippen molar-refractivity contribution in [1.29, 1.82) is 0 Å². The summed E-state index contributed by atoms with van der Waals surface area (Å²) in [6, 6.07) is -0.403. The van der Waals surface area contributed by atoms with Gasteiger partial charge in [-0.15, -0.1) is 0 Å². The van der Waals surface area contributed by atoms with Gasteiger partial charge in [-0.2, -0.15) is 0 Å². The summed E-state index contributed by atoms with van der Waals surface area (Å²) in [6.45, 7) is 8.65. The quantitative estimate of drug-likeness (QED) is 0.668. The fourth-order valence-electron chi connectivity index (χ4n) is 1.65. The molecule has 82 valence electrons. The zero-order valence-corrected chi connectivity index (χ0v) is 9.12. The summed E-state index contributed by atoms with van der Waals surface area (Å²) in [5, 5.41) is 3.56. The lowest BCUT2D eigenvalue weighted by molar-refractivity contribution is -0.0981. The van der Waals surface area contributed by atoms with E-state index in [4.69, 9.17) is 10.5 Å². The van der Waals surface area contributed by atoms with Crippen LogP contribution in [0.25, 0.3) is 0 Å². The Morgan fingerprint density at radius 2 is 1.86 bits per heavy atom. The first-order valence-electron chi connectivity index (χ1n) is 4.85. The van der Waals surface area contributed by atoms with E-state index >= 15 is 0 Å². The fourth-order valence-corrected chi connectivity index (χ4v) is 1.65. The lowest BCUT2D eigenvalue weighted by Crippen LogP contribution is -2.60. The van der Waals surface area contributed by atoms with Crippen LogP contribution in [-0.2, 0) is 4.74 Å². The van der Waals surface area contributed by atoms with Gasteiger partial charge < -0.3 is 10.5 Å². The van der Waals surface area contributed by atoms with Gasteiger partial charge >= 0.3 is 6.03 Å². The van der Waals surface area contributed by atoms with Crippen LogP contribution in [0.1, 0.15) is 20.8 Å². The molecule has 0 aromatic carbocycles. The molecule has 0 radical (unpaired) electrons. The molecule has 0 saturated carbocycles. The van der Waals surface area contributed by atoms with Crippen LogP contribution in [0.3, 0.4) is 0 Å². The third-order valence-corrected chi connectivity index (χ3v) is 2.11. The molecule has 0 aromatic rings. The molecule has 1 saturated heterocycles. The Morgan fingerprint density at radius 1 is 1.36 bits per heavy atom. The zero-order chi connectivity index (χ0) is 10.8. The van der Waals surface area contributed by atoms with Crippen LogP contribution < -0.4 is 5.73 Å². The molecule has 0 aromatic heterocycles. The van der Waals surface area contributed by atoms with E-state index < -0.39 is 6.03 Å². The predicted octanol–water partition coefficient (Wildman–Crippen LogP) is 0.413. The maximum atomic E-state index is 11.3. The van der Waals surface area contributed by atoms with E-state index in [1.807, 2.05) is 25.8 Å². The number of carbonyl (C=O) groups excluding carboxylic acids is 1. The van der Waals surface area contributed by atoms with Gasteiger partial charge in [0.25, 0.3) is 0 Å². The third kappa shape index (κ3) is 2.59. The Balaban J connectivity index is 2.71. The summed E-state index contributed by atoms with van der Waals surface area (Å²) in [7, 11) is 0. The van der Waals surface area contributed by atoms with Gasteiger partial charge in [-0.05, 0) is 20.8 Å². The van der Waals surface area contributed by atoms with Crippen LogP contribution in [0.4, 0.5) is 4.79 Å². The number of hydrazine groups is 1. The van der Waals surface area contributed by atoms with Crippen molar-refractivity contribution < 1.29 is 9.53 Å². The Labute approximate surface area is 84.8 Å². The highest BCUT2D eigenvalue weighted by Crippen LogP contribution is 2.16. The highest BCUT2D eigenvalue weighted by molar-refractivity contribution is 5.72. The zero-order valence-electron chi connectivity index (χ0n) is 9.12. The minimum absolute atomic E-state index is 0.275. The predicted molar refractivity (Wildman–Crippen MR) is 53.6 cm³/mol. The Morgan fingerprint density at radius 3 is 2.21 bits per heavy atom. The molecular weight excluding hydrogens is 182 g/mol. The summed E-state index contributed by atoms with van der Waals surface area (Å²) >= 11 is 0. The summed E-state index contributed by atoms with van der Waals surface area (Å²) in [6.07, 6.45) is 0. The molecule has 1 fully saturated rings. The van der Waals surface area contributed by atoms with Crippen molar-refractivity contribution in [2.45, 2.75) is 26.3 Å². The average molecular weight is 201 g/mol. The minimum atomic E-state index is -0.403. The van der Waals surface area contributed by atoms with Crippen LogP contribution in [0.2, 0.25) is 0 Å². The number of morpholine rings is 1. The molecule has 2 N–H and O–H groups in total. The van der Waals surface area contributed by atoms with Gasteiger partial charge in [0.2, 0.25) is 0 Å². The minimum Gasteiger partial charge on any atom is -0.379 e. The molecule has 1 aliphatic rings. The number of nitrogens with zero attached hydrogens (tertiary/aromatic N) is 2. The first kappa shape index (κ1) is 11.3. The molecule has 14 heavy (non-hydrogen) atoms. The Kier molecular flexibility index (Phi) is 3.34. The number of primary amides is 1. The summed E-state index contributed by atoms with van der Waals surface area (Å²) in [5.74, 6) is 0. The van der Waals surface area contributed by atoms with E-state index in [2.05, 4.69) is 0 Å². The molecule has 0 unspecified atom stereocenters. The molecule has 0 spiro atoms. The monoisotopic (exact) mass is 201 g/mol. The number of rotatable bonds is 1. The number of urea groups is 1. The molecular formula is C9H19N3O2. The van der Waals surface area contributed by atoms with Gasteiger partial charge in [0, 0.05) is 13.1 Å². The smallest absolute Gasteiger partial charge is 0.329 e. The number of nitrogens with two attached hydrogens (primary N) is 1. The average Bonchev–Trinajstić information content (AvgIpc) is 2.02. The second-order valence-electron chi connectivity index (χ2n) is 4.39. The molecule has 5 heteroatoms. The number of hydrogen-bond donors (Lipinski definition) is 1. The number of amides is 2. The van der Waals surface area contributed by atoms with Crippen LogP contribution in [0, 0.1) is 0 Å². The van der Waals surface area contributed by atoms with Gasteiger partial charge in [-0.25, -0.2) is 9.80 Å². The molecule has 5 nitrogen and oxygen atoms in total. The number of carbonyl (C=O) groups is 1. The number of ether oxygens (including phenoxy) is 1. The van der Waals surface area contributed by atoms with E-state index in [1.54, 1.807) is 5.01 Å². The maximum absolute atomic E-state index is 11.3. The second kappa shape index (κ2) is 4.14. The third-order valence-electron chi connectivity index (χ3n) is 2.11. The standard InChI is InChI=1S/C9H19N3O2/c1-9(2,3)12(8(10)13)11-4-6-14-7-5-11/h4-7H2,1-3H3,(H2,10,13). The highest BCUT2D eigenvalue weighted by atomic mass is 16.5. The van der Waals surface area contributed by atoms with Crippen molar-refractivity contribution in [3.63, 3.8) is 0 Å². The molecule has 1 aliphatic heterocycles. The van der Waals surface area contributed by atoms with Crippen molar-refractivity contribution in [2.24, 2.45) is 5.73 Å². The number of hydrogen-bond acceptors (Lipinski definition) is 3. The SMILES string of the molecule is CC(C)(C)N(C(N)=O)N1CCOCC1. The largest absolute Gasteiger partial charge is 0.379 e. The van der Waals surface area contributed by atoms with Gasteiger partial charge in [0.05, 0.1) is 18.8 Å². The van der Waals surface area contributed by atoms with Gasteiger partial charge in [-0.1, -0.05) is 0 Å². The van der Waals surface area contributed by atoms with E-state index in [0.717, 1.165) is 13.1 Å². The molecule has 1 heterocycles. The molecule has 0 aliphatic carbocycles. The first-order valence-corrected chi connectivity index (χ1v) is 4.85. The van der Waals surface area contributed by atoms with E-state index in [1.165, 1.54) is 0 Å². The topological polar surface area (TPSA) is 58.8 Å². The molecule has 0 bridgehead atoms. The van der Waals surface area contributed by atoms with Crippen molar-refractivity contribution in [2.75, 3.05) is 26.3 Å². The van der Waals surface area contributed by atoms with Gasteiger partial charge in [0.15, 0.2) is 0 Å². The summed E-state index contributed by atoms with van der Waals surface area (Å²) in [4.78, 5) is 11.3. The van der Waals surface area contributed by atoms with Crippen molar-refractivity contribution in [3.05, 3.63) is 0 Å². The Bertz CT molecular complexity index is 207. The van der Waals surface area contributed by atoms with Crippen LogP contribution in [0.5, 0.6) is 0 Å². The molecule has 1 rings (SSSR count). The van der Waals surface area contributed by atoms with E-state index in [-0.39, 0.29) is 5.54 Å². The lowest BCUT2D eigenvalue weighted by atomic mass is 10.1. The van der Waals surface area contributed by atoms with E-state index in [0.29, 0.717) is 13.2 Å². The van der Waals surface area contributed by atoms with Crippen LogP contribution in [-0.4, -0.2) is 47.9 Å². The molecule has 2 amide bonds. The van der Waals surface area contributed by atoms with E-state index in [9.17, 15) is 4.79 Å². The Hall–Kier alpha value is -0.810. The lowest BCUT2D eigenvalue weighted by Gasteiger charge is -2.43. The second-order valence-corrected chi connectivity index (χ2v) is 4.39. The summed E-state index contributed by atoms with van der Waals surface area (Å²) < 4.78 is 5.22. The summed E-state index contributed by atoms with van der Waals surface area (Å²) in [5.41, 5.74) is 5.08. The normalized spacial score (nSPS) is 19.4. The van der Waals surface area contributed by atoms with Gasteiger partial charge in [0.1, 0.15) is 0 Å². The van der Waals surface area contributed by atoms with Crippen molar-refractivity contribution in [3.8, 4) is 0 Å². The van der Waals surface area contributed by atoms with Crippen molar-refractivity contribution in [1.82, 2.24) is 10.0 Å². The maximum Gasteiger partial charge on any atom is 0.329 e. The van der Waals surface area contributed by atoms with Crippen LogP contribution in [0.15, 0.2) is 0 Å². The fraction of sp³-hybridized carbons (Fsp3) is 0.889. The highest BCUT2D eigenvalue weighted by Gasteiger charge is 2.31. The first-order chi connectivity index (χ1) is 6.43. The van der Waals surface area contributed by atoms with Gasteiger partial charge in [-0.3, -0.25) is 5.01 Å². The van der Waals surface area contributed by atoms with Crippen molar-refractivity contribution >= 4 is 6.03 Å². The van der Waals surface area contributed by atoms with Crippen LogP contribution >= 0.6 is 0 Å². The molecule has 0 atom stereocenters.